The van der Waals surface area contributed by atoms with Crippen LogP contribution < -0.4 is 10.6 Å². The largest absolute Gasteiger partial charge is 0.379 e. The second-order valence-corrected chi connectivity index (χ2v) is 6.90. The Morgan fingerprint density at radius 2 is 2.07 bits per heavy atom. The number of rotatable bonds is 4. The number of carbonyl (C=O) groups excluding carboxylic acids is 3. The van der Waals surface area contributed by atoms with Crippen LogP contribution in [-0.2, 0) is 22.7 Å². The van der Waals surface area contributed by atoms with Crippen molar-refractivity contribution < 1.29 is 14.4 Å². The van der Waals surface area contributed by atoms with Crippen LogP contribution in [0.5, 0.6) is 0 Å². The molecule has 1 fully saturated rings. The summed E-state index contributed by atoms with van der Waals surface area (Å²) in [4.78, 5) is 42.1. The first-order valence-corrected chi connectivity index (χ1v) is 8.95. The molecule has 3 amide bonds. The molecule has 2 aliphatic rings. The summed E-state index contributed by atoms with van der Waals surface area (Å²) in [7, 11) is 0. The fourth-order valence-electron chi connectivity index (χ4n) is 3.57. The number of fused-ring (bicyclic) bond motifs is 1. The summed E-state index contributed by atoms with van der Waals surface area (Å²) in [5.41, 5.74) is 4.30. The molecule has 1 unspecified atom stereocenters. The predicted molar refractivity (Wildman–Crippen MR) is 98.8 cm³/mol. The number of nitrogens with one attached hydrogen (secondary N) is 2. The standard InChI is InChI=1S/C20H20N4O3/c1-12-3-2-4-15(22-12)10-21-14-5-6-16-13(9-14)11-24(20(16)27)17-7-8-18(25)23-19(17)26/h2-6,9,17,21H,7-8,10-11H2,1H3,(H,23,25,26). The third-order valence-corrected chi connectivity index (χ3v) is 4.94. The van der Waals surface area contributed by atoms with Gasteiger partial charge in [-0.3, -0.25) is 24.7 Å². The second-order valence-electron chi connectivity index (χ2n) is 6.90. The van der Waals surface area contributed by atoms with Crippen molar-refractivity contribution in [2.75, 3.05) is 5.32 Å². The lowest BCUT2D eigenvalue weighted by Gasteiger charge is -2.29. The third-order valence-electron chi connectivity index (χ3n) is 4.94. The molecule has 2 aromatic rings. The van der Waals surface area contributed by atoms with E-state index >= 15 is 0 Å². The van der Waals surface area contributed by atoms with E-state index in [1.165, 1.54) is 0 Å². The molecular weight excluding hydrogens is 344 g/mol. The number of amides is 3. The first-order valence-electron chi connectivity index (χ1n) is 8.95. The molecule has 27 heavy (non-hydrogen) atoms. The lowest BCUT2D eigenvalue weighted by atomic mass is 10.0. The van der Waals surface area contributed by atoms with E-state index in [9.17, 15) is 14.4 Å². The SMILES string of the molecule is Cc1cccc(CNc2ccc3c(c2)CN(C2CCC(=O)NC2=O)C3=O)n1. The Balaban J connectivity index is 1.47. The number of benzene rings is 1. The van der Waals surface area contributed by atoms with Gasteiger partial charge in [0.1, 0.15) is 6.04 Å². The number of aromatic nitrogens is 1. The van der Waals surface area contributed by atoms with Crippen molar-refractivity contribution in [3.05, 3.63) is 58.9 Å². The van der Waals surface area contributed by atoms with Gasteiger partial charge in [0.15, 0.2) is 0 Å². The van der Waals surface area contributed by atoms with Crippen molar-refractivity contribution in [3.63, 3.8) is 0 Å². The monoisotopic (exact) mass is 364 g/mol. The minimum Gasteiger partial charge on any atom is -0.379 e. The maximum atomic E-state index is 12.7. The van der Waals surface area contributed by atoms with Crippen molar-refractivity contribution in [1.29, 1.82) is 0 Å². The number of anilines is 1. The zero-order valence-electron chi connectivity index (χ0n) is 15.0. The molecule has 2 aliphatic heterocycles. The lowest BCUT2D eigenvalue weighted by molar-refractivity contribution is -0.136. The average molecular weight is 364 g/mol. The normalized spacial score (nSPS) is 19.1. The fraction of sp³-hybridized carbons (Fsp3) is 0.300. The van der Waals surface area contributed by atoms with E-state index in [4.69, 9.17) is 0 Å². The number of pyridine rings is 1. The molecule has 3 heterocycles. The van der Waals surface area contributed by atoms with Gasteiger partial charge in [-0.15, -0.1) is 0 Å². The quantitative estimate of drug-likeness (QED) is 0.807. The number of hydrogen-bond acceptors (Lipinski definition) is 5. The van der Waals surface area contributed by atoms with E-state index in [-0.39, 0.29) is 18.2 Å². The molecule has 4 rings (SSSR count). The number of piperidine rings is 1. The van der Waals surface area contributed by atoms with E-state index in [0.717, 1.165) is 22.6 Å². The van der Waals surface area contributed by atoms with Crippen molar-refractivity contribution in [1.82, 2.24) is 15.2 Å². The van der Waals surface area contributed by atoms with Gasteiger partial charge in [0.25, 0.3) is 5.91 Å². The summed E-state index contributed by atoms with van der Waals surface area (Å²) in [6.07, 6.45) is 0.626. The molecule has 7 heteroatoms. The predicted octanol–water partition coefficient (Wildman–Crippen LogP) is 1.76. The highest BCUT2D eigenvalue weighted by Crippen LogP contribution is 2.29. The number of nitrogens with zero attached hydrogens (tertiary/aromatic N) is 2. The summed E-state index contributed by atoms with van der Waals surface area (Å²) in [5, 5.41) is 5.64. The minimum atomic E-state index is -0.587. The summed E-state index contributed by atoms with van der Waals surface area (Å²) < 4.78 is 0. The topological polar surface area (TPSA) is 91.4 Å². The average Bonchev–Trinajstić information content (AvgIpc) is 2.96. The van der Waals surface area contributed by atoms with Crippen LogP contribution in [0.1, 0.15) is 40.2 Å². The first kappa shape index (κ1) is 17.2. The minimum absolute atomic E-state index is 0.161. The number of imide groups is 1. The highest BCUT2D eigenvalue weighted by Gasteiger charge is 2.39. The van der Waals surface area contributed by atoms with Crippen LogP contribution in [0, 0.1) is 6.92 Å². The number of aryl methyl sites for hydroxylation is 1. The van der Waals surface area contributed by atoms with E-state index < -0.39 is 11.9 Å². The summed E-state index contributed by atoms with van der Waals surface area (Å²) >= 11 is 0. The number of hydrogen-bond donors (Lipinski definition) is 2. The van der Waals surface area contributed by atoms with Crippen molar-refractivity contribution >= 4 is 23.4 Å². The molecule has 1 aromatic carbocycles. The molecule has 2 N–H and O–H groups in total. The van der Waals surface area contributed by atoms with E-state index in [1.807, 2.05) is 37.3 Å². The molecule has 7 nitrogen and oxygen atoms in total. The molecule has 0 spiro atoms. The van der Waals surface area contributed by atoms with Crippen molar-refractivity contribution in [3.8, 4) is 0 Å². The van der Waals surface area contributed by atoms with E-state index in [2.05, 4.69) is 15.6 Å². The number of carbonyl (C=O) groups is 3. The second kappa shape index (κ2) is 6.83. The Morgan fingerprint density at radius 3 is 2.85 bits per heavy atom. The van der Waals surface area contributed by atoms with Crippen LogP contribution >= 0.6 is 0 Å². The zero-order valence-corrected chi connectivity index (χ0v) is 15.0. The first-order chi connectivity index (χ1) is 13.0. The van der Waals surface area contributed by atoms with Gasteiger partial charge >= 0.3 is 0 Å². The summed E-state index contributed by atoms with van der Waals surface area (Å²) in [6, 6.07) is 10.9. The Hall–Kier alpha value is -3.22. The molecule has 0 bridgehead atoms. The molecule has 0 saturated carbocycles. The zero-order chi connectivity index (χ0) is 19.0. The molecule has 0 radical (unpaired) electrons. The molecule has 1 atom stereocenters. The van der Waals surface area contributed by atoms with Gasteiger partial charge in [0, 0.05) is 29.9 Å². The smallest absolute Gasteiger partial charge is 0.255 e. The van der Waals surface area contributed by atoms with Crippen molar-refractivity contribution in [2.24, 2.45) is 0 Å². The Bertz CT molecular complexity index is 941. The van der Waals surface area contributed by atoms with Crippen molar-refractivity contribution in [2.45, 2.75) is 38.9 Å². The van der Waals surface area contributed by atoms with Crippen LogP contribution in [0.3, 0.4) is 0 Å². The molecular formula is C20H20N4O3. The van der Waals surface area contributed by atoms with E-state index in [1.54, 1.807) is 11.0 Å². The fourth-order valence-corrected chi connectivity index (χ4v) is 3.57. The van der Waals surface area contributed by atoms with Crippen LogP contribution in [-0.4, -0.2) is 33.6 Å². The highest BCUT2D eigenvalue weighted by atomic mass is 16.2. The van der Waals surface area contributed by atoms with Crippen LogP contribution in [0.4, 0.5) is 5.69 Å². The summed E-state index contributed by atoms with van der Waals surface area (Å²) in [5.74, 6) is -0.834. The Labute approximate surface area is 156 Å². The highest BCUT2D eigenvalue weighted by molar-refractivity contribution is 6.05. The molecule has 1 aromatic heterocycles. The van der Waals surface area contributed by atoms with Gasteiger partial charge in [-0.1, -0.05) is 6.07 Å². The Kier molecular flexibility index (Phi) is 4.35. The van der Waals surface area contributed by atoms with Gasteiger partial charge in [-0.2, -0.15) is 0 Å². The van der Waals surface area contributed by atoms with Gasteiger partial charge in [0.05, 0.1) is 12.2 Å². The molecule has 138 valence electrons. The van der Waals surface area contributed by atoms with Gasteiger partial charge in [-0.05, 0) is 49.2 Å². The van der Waals surface area contributed by atoms with Gasteiger partial charge < -0.3 is 10.2 Å². The van der Waals surface area contributed by atoms with Crippen LogP contribution in [0.2, 0.25) is 0 Å². The van der Waals surface area contributed by atoms with Gasteiger partial charge in [-0.25, -0.2) is 0 Å². The van der Waals surface area contributed by atoms with E-state index in [0.29, 0.717) is 25.1 Å². The Morgan fingerprint density at radius 1 is 1.22 bits per heavy atom. The summed E-state index contributed by atoms with van der Waals surface area (Å²) in [6.45, 7) is 2.91. The maximum Gasteiger partial charge on any atom is 0.255 e. The van der Waals surface area contributed by atoms with Crippen LogP contribution in [0.15, 0.2) is 36.4 Å². The lowest BCUT2D eigenvalue weighted by Crippen LogP contribution is -2.52. The molecule has 0 aliphatic carbocycles. The maximum absolute atomic E-state index is 12.7. The molecule has 1 saturated heterocycles. The van der Waals surface area contributed by atoms with Crippen LogP contribution in [0.25, 0.3) is 0 Å². The van der Waals surface area contributed by atoms with Gasteiger partial charge in [0.2, 0.25) is 11.8 Å². The third kappa shape index (κ3) is 3.40.